The van der Waals surface area contributed by atoms with Gasteiger partial charge in [-0.05, 0) is 37.1 Å². The van der Waals surface area contributed by atoms with Crippen LogP contribution in [0.4, 0.5) is 0 Å². The van der Waals surface area contributed by atoms with E-state index >= 15 is 0 Å². The van der Waals surface area contributed by atoms with E-state index in [1.54, 1.807) is 11.3 Å². The van der Waals surface area contributed by atoms with Gasteiger partial charge in [0, 0.05) is 40.9 Å². The molecule has 1 fully saturated rings. The van der Waals surface area contributed by atoms with Crippen LogP contribution in [0, 0.1) is 5.92 Å². The van der Waals surface area contributed by atoms with Gasteiger partial charge in [0.1, 0.15) is 11.4 Å². The van der Waals surface area contributed by atoms with E-state index in [4.69, 9.17) is 0 Å². The van der Waals surface area contributed by atoms with Crippen molar-refractivity contribution < 1.29 is 9.59 Å². The third-order valence-electron chi connectivity index (χ3n) is 6.17. The van der Waals surface area contributed by atoms with Gasteiger partial charge in [-0.15, -0.1) is 22.7 Å². The summed E-state index contributed by atoms with van der Waals surface area (Å²) in [4.78, 5) is 46.3. The van der Waals surface area contributed by atoms with Gasteiger partial charge in [-0.25, -0.2) is 4.98 Å². The van der Waals surface area contributed by atoms with Gasteiger partial charge in [0.25, 0.3) is 5.56 Å². The quantitative estimate of drug-likeness (QED) is 0.568. The van der Waals surface area contributed by atoms with Crippen LogP contribution in [-0.4, -0.2) is 45.4 Å². The van der Waals surface area contributed by atoms with Crippen molar-refractivity contribution in [1.82, 2.24) is 19.8 Å². The first-order valence-electron chi connectivity index (χ1n) is 11.1. The lowest BCUT2D eigenvalue weighted by molar-refractivity contribution is -0.137. The fraction of sp³-hybridized carbons (Fsp3) is 0.478. The largest absolute Gasteiger partial charge is 0.352 e. The molecular weight excluding hydrogens is 444 g/mol. The Hall–Kier alpha value is -2.52. The Bertz CT molecular complexity index is 1140. The molecule has 170 valence electrons. The maximum absolute atomic E-state index is 13.1. The van der Waals surface area contributed by atoms with Crippen LogP contribution >= 0.6 is 22.7 Å². The lowest BCUT2D eigenvalue weighted by Crippen LogP contribution is -2.48. The highest BCUT2D eigenvalue weighted by atomic mass is 32.1. The van der Waals surface area contributed by atoms with Crippen molar-refractivity contribution >= 4 is 44.7 Å². The molecule has 1 aliphatic rings. The number of carbonyl (C=O) groups excluding carboxylic acids is 2. The predicted octanol–water partition coefficient (Wildman–Crippen LogP) is 3.73. The van der Waals surface area contributed by atoms with Crippen LogP contribution < -0.4 is 10.9 Å². The number of rotatable bonds is 7. The van der Waals surface area contributed by atoms with E-state index in [9.17, 15) is 14.4 Å². The van der Waals surface area contributed by atoms with Crippen molar-refractivity contribution in [3.8, 4) is 10.4 Å². The molecule has 3 aromatic heterocycles. The summed E-state index contributed by atoms with van der Waals surface area (Å²) in [5.74, 6) is 0.112. The molecule has 0 unspecified atom stereocenters. The van der Waals surface area contributed by atoms with E-state index < -0.39 is 0 Å². The van der Waals surface area contributed by atoms with Crippen LogP contribution in [0.25, 0.3) is 20.7 Å². The van der Waals surface area contributed by atoms with Crippen LogP contribution in [0.1, 0.15) is 39.5 Å². The van der Waals surface area contributed by atoms with E-state index in [0.29, 0.717) is 23.3 Å². The van der Waals surface area contributed by atoms with Crippen molar-refractivity contribution in [3.63, 3.8) is 0 Å². The highest BCUT2D eigenvalue weighted by molar-refractivity contribution is 7.18. The second-order valence-corrected chi connectivity index (χ2v) is 9.97. The number of likely N-dealkylation sites (tertiary alicyclic amines) is 1. The summed E-state index contributed by atoms with van der Waals surface area (Å²) in [6.07, 6.45) is 4.64. The first kappa shape index (κ1) is 22.7. The minimum atomic E-state index is -0.203. The van der Waals surface area contributed by atoms with E-state index in [1.807, 2.05) is 41.6 Å². The topological polar surface area (TPSA) is 84.3 Å². The van der Waals surface area contributed by atoms with Gasteiger partial charge in [0.2, 0.25) is 11.8 Å². The summed E-state index contributed by atoms with van der Waals surface area (Å²) in [7, 11) is 0. The number of aromatic nitrogens is 2. The monoisotopic (exact) mass is 472 g/mol. The Morgan fingerprint density at radius 2 is 1.97 bits per heavy atom. The molecule has 1 aliphatic heterocycles. The van der Waals surface area contributed by atoms with Gasteiger partial charge in [-0.2, -0.15) is 0 Å². The Kier molecular flexibility index (Phi) is 7.05. The van der Waals surface area contributed by atoms with Crippen LogP contribution in [0.2, 0.25) is 0 Å². The average molecular weight is 473 g/mol. The Balaban J connectivity index is 1.39. The predicted molar refractivity (Wildman–Crippen MR) is 129 cm³/mol. The number of amides is 2. The molecule has 0 radical (unpaired) electrons. The van der Waals surface area contributed by atoms with Crippen LogP contribution in [-0.2, 0) is 16.1 Å². The van der Waals surface area contributed by atoms with Crippen LogP contribution in [0.3, 0.4) is 0 Å². The van der Waals surface area contributed by atoms with E-state index in [0.717, 1.165) is 36.1 Å². The zero-order chi connectivity index (χ0) is 22.7. The lowest BCUT2D eigenvalue weighted by Gasteiger charge is -2.34. The van der Waals surface area contributed by atoms with Gasteiger partial charge < -0.3 is 10.2 Å². The standard InChI is InChI=1S/C23H28N4O3S2/c1-3-15(4-2)22(29)26-9-7-16(8-10-26)25-19(28)12-27-14-24-21-20(23(27)30)17(13-32-21)18-6-5-11-31-18/h5-6,11,13-16H,3-4,7-10,12H2,1-2H3,(H,25,28). The van der Waals surface area contributed by atoms with Crippen molar-refractivity contribution in [2.45, 2.75) is 52.1 Å². The maximum atomic E-state index is 13.1. The minimum Gasteiger partial charge on any atom is -0.352 e. The number of nitrogens with zero attached hydrogens (tertiary/aromatic N) is 3. The van der Waals surface area contributed by atoms with Crippen molar-refractivity contribution in [1.29, 1.82) is 0 Å². The lowest BCUT2D eigenvalue weighted by atomic mass is 9.98. The number of hydrogen-bond donors (Lipinski definition) is 1. The van der Waals surface area contributed by atoms with Crippen molar-refractivity contribution in [3.05, 3.63) is 39.6 Å². The van der Waals surface area contributed by atoms with Gasteiger partial charge in [-0.3, -0.25) is 19.0 Å². The first-order chi connectivity index (χ1) is 15.5. The number of hydrogen-bond acceptors (Lipinski definition) is 6. The maximum Gasteiger partial charge on any atom is 0.263 e. The van der Waals surface area contributed by atoms with Crippen molar-refractivity contribution in [2.24, 2.45) is 5.92 Å². The molecular formula is C23H28N4O3S2. The summed E-state index contributed by atoms with van der Waals surface area (Å²) >= 11 is 3.02. The summed E-state index contributed by atoms with van der Waals surface area (Å²) in [5, 5.41) is 7.53. The summed E-state index contributed by atoms with van der Waals surface area (Å²) in [5.41, 5.74) is 0.683. The smallest absolute Gasteiger partial charge is 0.263 e. The van der Waals surface area contributed by atoms with E-state index in [-0.39, 0.29) is 35.9 Å². The fourth-order valence-corrected chi connectivity index (χ4v) is 5.98. The Labute approximate surface area is 195 Å². The average Bonchev–Trinajstić information content (AvgIpc) is 3.47. The van der Waals surface area contributed by atoms with Gasteiger partial charge in [0.15, 0.2) is 0 Å². The molecule has 4 rings (SSSR count). The molecule has 1 saturated heterocycles. The minimum absolute atomic E-state index is 0.0171. The van der Waals surface area contributed by atoms with Gasteiger partial charge in [0.05, 0.1) is 11.7 Å². The van der Waals surface area contributed by atoms with Gasteiger partial charge >= 0.3 is 0 Å². The molecule has 0 bridgehead atoms. The number of nitrogens with one attached hydrogen (secondary N) is 1. The third-order valence-corrected chi connectivity index (χ3v) is 7.96. The van der Waals surface area contributed by atoms with Crippen LogP contribution in [0.15, 0.2) is 34.0 Å². The van der Waals surface area contributed by atoms with E-state index in [2.05, 4.69) is 10.3 Å². The number of fused-ring (bicyclic) bond motifs is 1. The molecule has 4 heterocycles. The summed E-state index contributed by atoms with van der Waals surface area (Å²) < 4.78 is 1.38. The normalized spacial score (nSPS) is 14.9. The number of thiophene rings is 2. The molecule has 9 heteroatoms. The summed E-state index contributed by atoms with van der Waals surface area (Å²) in [6.45, 7) is 5.35. The first-order valence-corrected chi connectivity index (χ1v) is 12.9. The summed E-state index contributed by atoms with van der Waals surface area (Å²) in [6, 6.07) is 3.95. The zero-order valence-electron chi connectivity index (χ0n) is 18.4. The molecule has 1 N–H and O–H groups in total. The number of carbonyl (C=O) groups is 2. The molecule has 0 spiro atoms. The Morgan fingerprint density at radius 3 is 2.62 bits per heavy atom. The van der Waals surface area contributed by atoms with Crippen LogP contribution in [0.5, 0.6) is 0 Å². The van der Waals surface area contributed by atoms with Crippen molar-refractivity contribution in [2.75, 3.05) is 13.1 Å². The SMILES string of the molecule is CCC(CC)C(=O)N1CCC(NC(=O)Cn2cnc3scc(-c4cccs4)c3c2=O)CC1. The molecule has 0 saturated carbocycles. The molecule has 0 aromatic carbocycles. The zero-order valence-corrected chi connectivity index (χ0v) is 20.0. The molecule has 0 atom stereocenters. The Morgan fingerprint density at radius 1 is 1.22 bits per heavy atom. The second kappa shape index (κ2) is 9.95. The fourth-order valence-electron chi connectivity index (χ4n) is 4.26. The second-order valence-electron chi connectivity index (χ2n) is 8.16. The molecule has 3 aromatic rings. The third kappa shape index (κ3) is 4.63. The highest BCUT2D eigenvalue weighted by Crippen LogP contribution is 2.33. The highest BCUT2D eigenvalue weighted by Gasteiger charge is 2.27. The molecule has 2 amide bonds. The van der Waals surface area contributed by atoms with Gasteiger partial charge in [-0.1, -0.05) is 19.9 Å². The molecule has 7 nitrogen and oxygen atoms in total. The number of piperidine rings is 1. The molecule has 0 aliphatic carbocycles. The molecule has 32 heavy (non-hydrogen) atoms. The van der Waals surface area contributed by atoms with E-state index in [1.165, 1.54) is 22.2 Å².